The van der Waals surface area contributed by atoms with E-state index in [-0.39, 0.29) is 0 Å². The van der Waals surface area contributed by atoms with E-state index in [0.29, 0.717) is 17.4 Å². The lowest BCUT2D eigenvalue weighted by molar-refractivity contribution is 0.352. The van der Waals surface area contributed by atoms with Gasteiger partial charge in [0.15, 0.2) is 0 Å². The minimum absolute atomic E-state index is 0.503. The van der Waals surface area contributed by atoms with Crippen LogP contribution in [0.25, 0.3) is 0 Å². The van der Waals surface area contributed by atoms with Gasteiger partial charge in [-0.05, 0) is 31.2 Å². The third-order valence-electron chi connectivity index (χ3n) is 1.88. The fraction of sp³-hybridized carbons (Fsp3) is 0.333. The summed E-state index contributed by atoms with van der Waals surface area (Å²) < 4.78 is 5.53. The maximum absolute atomic E-state index is 6.18. The summed E-state index contributed by atoms with van der Waals surface area (Å²) in [6.07, 6.45) is 0. The highest BCUT2D eigenvalue weighted by Crippen LogP contribution is 2.28. The van der Waals surface area contributed by atoms with Crippen molar-refractivity contribution in [3.8, 4) is 5.75 Å². The lowest BCUT2D eigenvalue weighted by Crippen LogP contribution is -2.06. The topological polar surface area (TPSA) is 21.3 Å². The zero-order chi connectivity index (χ0) is 11.3. The van der Waals surface area contributed by atoms with E-state index in [9.17, 15) is 0 Å². The molecule has 0 heterocycles. The Labute approximate surface area is 95.9 Å². The van der Waals surface area contributed by atoms with Gasteiger partial charge < -0.3 is 10.1 Å². The molecule has 0 spiro atoms. The van der Waals surface area contributed by atoms with Crippen LogP contribution in [0.5, 0.6) is 5.75 Å². The van der Waals surface area contributed by atoms with Crippen LogP contribution in [-0.4, -0.2) is 13.7 Å². The molecule has 0 aromatic heterocycles. The molecule has 0 aliphatic carbocycles. The number of halogens is 1. The maximum Gasteiger partial charge on any atom is 0.138 e. The van der Waals surface area contributed by atoms with Crippen molar-refractivity contribution in [3.63, 3.8) is 0 Å². The fourth-order valence-electron chi connectivity index (χ4n) is 1.20. The Hall–Kier alpha value is -0.990. The fourth-order valence-corrected chi connectivity index (χ4v) is 1.44. The molecule has 0 aliphatic rings. The first-order valence-corrected chi connectivity index (χ1v) is 5.22. The standard InChI is InChI=1S/C12H16ClNO/c1-9(2)8-15-11-6-4-5-10(7-14-3)12(11)13/h4-6,14H,1,7-8H2,2-3H3. The number of hydrogen-bond donors (Lipinski definition) is 1. The summed E-state index contributed by atoms with van der Waals surface area (Å²) in [4.78, 5) is 0. The second-order valence-electron chi connectivity index (χ2n) is 3.51. The highest BCUT2D eigenvalue weighted by atomic mass is 35.5. The van der Waals surface area contributed by atoms with Crippen molar-refractivity contribution in [2.24, 2.45) is 0 Å². The van der Waals surface area contributed by atoms with Gasteiger partial charge in [-0.3, -0.25) is 0 Å². The second kappa shape index (κ2) is 5.79. The quantitative estimate of drug-likeness (QED) is 0.778. The van der Waals surface area contributed by atoms with Gasteiger partial charge in [-0.1, -0.05) is 30.3 Å². The molecular weight excluding hydrogens is 210 g/mol. The van der Waals surface area contributed by atoms with Crippen LogP contribution in [0.2, 0.25) is 5.02 Å². The van der Waals surface area contributed by atoms with Crippen LogP contribution in [0.15, 0.2) is 30.4 Å². The molecule has 0 aliphatic heterocycles. The van der Waals surface area contributed by atoms with Crippen LogP contribution in [0.4, 0.5) is 0 Å². The minimum Gasteiger partial charge on any atom is -0.488 e. The second-order valence-corrected chi connectivity index (χ2v) is 3.88. The van der Waals surface area contributed by atoms with Gasteiger partial charge in [0, 0.05) is 6.54 Å². The van der Waals surface area contributed by atoms with Crippen molar-refractivity contribution in [1.29, 1.82) is 0 Å². The molecule has 1 rings (SSSR count). The van der Waals surface area contributed by atoms with Crippen LogP contribution in [0.3, 0.4) is 0 Å². The number of nitrogens with one attached hydrogen (secondary N) is 1. The van der Waals surface area contributed by atoms with Gasteiger partial charge in [0.05, 0.1) is 5.02 Å². The molecule has 0 unspecified atom stereocenters. The van der Waals surface area contributed by atoms with Crippen LogP contribution in [0.1, 0.15) is 12.5 Å². The molecular formula is C12H16ClNO. The molecule has 0 saturated carbocycles. The van der Waals surface area contributed by atoms with Gasteiger partial charge in [-0.25, -0.2) is 0 Å². The molecule has 1 aromatic rings. The third kappa shape index (κ3) is 3.57. The average Bonchev–Trinajstić information content (AvgIpc) is 2.19. The summed E-state index contributed by atoms with van der Waals surface area (Å²) in [7, 11) is 1.89. The molecule has 0 atom stereocenters. The smallest absolute Gasteiger partial charge is 0.138 e. The van der Waals surface area contributed by atoms with Crippen LogP contribution >= 0.6 is 11.6 Å². The van der Waals surface area contributed by atoms with E-state index in [2.05, 4.69) is 11.9 Å². The van der Waals surface area contributed by atoms with Gasteiger partial charge in [0.25, 0.3) is 0 Å². The van der Waals surface area contributed by atoms with Crippen molar-refractivity contribution >= 4 is 11.6 Å². The van der Waals surface area contributed by atoms with E-state index in [1.54, 1.807) is 0 Å². The monoisotopic (exact) mass is 225 g/mol. The molecule has 0 saturated heterocycles. The molecule has 82 valence electrons. The first-order valence-electron chi connectivity index (χ1n) is 4.84. The Balaban J connectivity index is 2.79. The number of benzene rings is 1. The Kier molecular flexibility index (Phi) is 4.66. The number of hydrogen-bond acceptors (Lipinski definition) is 2. The summed E-state index contributed by atoms with van der Waals surface area (Å²) in [5.74, 6) is 0.715. The van der Waals surface area contributed by atoms with Gasteiger partial charge >= 0.3 is 0 Å². The minimum atomic E-state index is 0.503. The van der Waals surface area contributed by atoms with E-state index >= 15 is 0 Å². The molecule has 2 nitrogen and oxygen atoms in total. The van der Waals surface area contributed by atoms with Gasteiger partial charge in [0.2, 0.25) is 0 Å². The van der Waals surface area contributed by atoms with E-state index in [1.807, 2.05) is 32.2 Å². The summed E-state index contributed by atoms with van der Waals surface area (Å²) in [5.41, 5.74) is 2.02. The molecule has 0 bridgehead atoms. The van der Waals surface area contributed by atoms with Crippen LogP contribution < -0.4 is 10.1 Å². The van der Waals surface area contributed by atoms with Crippen molar-refractivity contribution in [2.75, 3.05) is 13.7 Å². The molecule has 1 aromatic carbocycles. The Morgan fingerprint density at radius 3 is 2.87 bits per heavy atom. The molecule has 0 radical (unpaired) electrons. The first kappa shape index (κ1) is 12.1. The van der Waals surface area contributed by atoms with E-state index in [0.717, 1.165) is 17.7 Å². The van der Waals surface area contributed by atoms with Gasteiger partial charge in [-0.2, -0.15) is 0 Å². The Bertz CT molecular complexity index is 349. The van der Waals surface area contributed by atoms with E-state index in [4.69, 9.17) is 16.3 Å². The largest absolute Gasteiger partial charge is 0.488 e. The van der Waals surface area contributed by atoms with Crippen molar-refractivity contribution in [1.82, 2.24) is 5.32 Å². The highest BCUT2D eigenvalue weighted by molar-refractivity contribution is 6.32. The average molecular weight is 226 g/mol. The third-order valence-corrected chi connectivity index (χ3v) is 2.31. The molecule has 3 heteroatoms. The summed E-state index contributed by atoms with van der Waals surface area (Å²) in [6, 6.07) is 5.78. The predicted molar refractivity (Wildman–Crippen MR) is 64.5 cm³/mol. The highest BCUT2D eigenvalue weighted by Gasteiger charge is 2.06. The number of ether oxygens (including phenoxy) is 1. The Morgan fingerprint density at radius 2 is 2.27 bits per heavy atom. The zero-order valence-corrected chi connectivity index (χ0v) is 9.90. The summed E-state index contributed by atoms with van der Waals surface area (Å²) in [5, 5.41) is 3.73. The SMILES string of the molecule is C=C(C)COc1cccc(CNC)c1Cl. The predicted octanol–water partition coefficient (Wildman–Crippen LogP) is 3.01. The van der Waals surface area contributed by atoms with Gasteiger partial charge in [-0.15, -0.1) is 0 Å². The zero-order valence-electron chi connectivity index (χ0n) is 9.14. The van der Waals surface area contributed by atoms with Crippen LogP contribution in [-0.2, 0) is 6.54 Å². The Morgan fingerprint density at radius 1 is 1.53 bits per heavy atom. The van der Waals surface area contributed by atoms with E-state index in [1.165, 1.54) is 0 Å². The molecule has 15 heavy (non-hydrogen) atoms. The lowest BCUT2D eigenvalue weighted by atomic mass is 10.2. The van der Waals surface area contributed by atoms with Crippen LogP contribution in [0, 0.1) is 0 Å². The van der Waals surface area contributed by atoms with Crippen molar-refractivity contribution < 1.29 is 4.74 Å². The molecule has 1 N–H and O–H groups in total. The normalized spacial score (nSPS) is 10.1. The van der Waals surface area contributed by atoms with Gasteiger partial charge in [0.1, 0.15) is 12.4 Å². The first-order chi connectivity index (χ1) is 7.15. The summed E-state index contributed by atoms with van der Waals surface area (Å²) in [6.45, 7) is 6.94. The molecule has 0 amide bonds. The molecule has 0 fully saturated rings. The number of rotatable bonds is 5. The van der Waals surface area contributed by atoms with Crippen molar-refractivity contribution in [3.05, 3.63) is 40.9 Å². The lowest BCUT2D eigenvalue weighted by Gasteiger charge is -2.10. The van der Waals surface area contributed by atoms with E-state index < -0.39 is 0 Å². The summed E-state index contributed by atoms with van der Waals surface area (Å²) >= 11 is 6.18. The maximum atomic E-state index is 6.18. The van der Waals surface area contributed by atoms with Crippen molar-refractivity contribution in [2.45, 2.75) is 13.5 Å².